The first-order valence-corrected chi connectivity index (χ1v) is 5.77. The second kappa shape index (κ2) is 4.31. The summed E-state index contributed by atoms with van der Waals surface area (Å²) in [7, 11) is 1.87. The molecule has 0 bridgehead atoms. The lowest BCUT2D eigenvalue weighted by Gasteiger charge is -2.27. The van der Waals surface area contributed by atoms with Crippen LogP contribution in [0, 0.1) is 0 Å². The van der Waals surface area contributed by atoms with Gasteiger partial charge in [0.2, 0.25) is 11.7 Å². The second-order valence-electron chi connectivity index (χ2n) is 4.24. The van der Waals surface area contributed by atoms with E-state index in [-0.39, 0.29) is 5.43 Å². The molecule has 1 aliphatic heterocycles. The summed E-state index contributed by atoms with van der Waals surface area (Å²) in [6, 6.07) is 11.1. The molecule has 1 aromatic carbocycles. The van der Waals surface area contributed by atoms with Gasteiger partial charge in [0.15, 0.2) is 5.75 Å². The highest BCUT2D eigenvalue weighted by Crippen LogP contribution is 2.29. The third kappa shape index (κ3) is 1.80. The van der Waals surface area contributed by atoms with Crippen molar-refractivity contribution in [3.8, 4) is 5.75 Å². The number of aryl methyl sites for hydroxylation is 1. The lowest BCUT2D eigenvalue weighted by molar-refractivity contribution is -0.115. The van der Waals surface area contributed by atoms with Gasteiger partial charge in [-0.3, -0.25) is 4.79 Å². The highest BCUT2D eigenvalue weighted by Gasteiger charge is 2.24. The van der Waals surface area contributed by atoms with Gasteiger partial charge >= 0.3 is 0 Å². The molecule has 3 rings (SSSR count). The Kier molecular flexibility index (Phi) is 2.64. The van der Waals surface area contributed by atoms with Crippen LogP contribution in [0.3, 0.4) is 0 Å². The van der Waals surface area contributed by atoms with E-state index in [4.69, 9.17) is 9.47 Å². The van der Waals surface area contributed by atoms with E-state index in [1.54, 1.807) is 6.20 Å². The molecule has 1 aromatic heterocycles. The van der Waals surface area contributed by atoms with Crippen LogP contribution in [0.25, 0.3) is 0 Å². The van der Waals surface area contributed by atoms with Gasteiger partial charge in [-0.25, -0.2) is 0 Å². The summed E-state index contributed by atoms with van der Waals surface area (Å²) in [5.74, 6) is 0.389. The van der Waals surface area contributed by atoms with E-state index < -0.39 is 6.29 Å². The fraction of sp³-hybridized carbons (Fsp3) is 0.214. The third-order valence-corrected chi connectivity index (χ3v) is 3.03. The minimum Gasteiger partial charge on any atom is -0.455 e. The molecule has 0 saturated heterocycles. The summed E-state index contributed by atoms with van der Waals surface area (Å²) in [6.45, 7) is 0.376. The SMILES string of the molecule is Cn1ccc(=O)c2c1CO[C@@H](c1ccccc1)O2. The summed E-state index contributed by atoms with van der Waals surface area (Å²) < 4.78 is 13.2. The van der Waals surface area contributed by atoms with Crippen molar-refractivity contribution in [3.05, 3.63) is 64.1 Å². The summed E-state index contributed by atoms with van der Waals surface area (Å²) in [5.41, 5.74) is 1.58. The topological polar surface area (TPSA) is 40.5 Å². The molecule has 0 saturated carbocycles. The van der Waals surface area contributed by atoms with Crippen LogP contribution in [0.4, 0.5) is 0 Å². The van der Waals surface area contributed by atoms with Crippen molar-refractivity contribution < 1.29 is 9.47 Å². The normalized spacial score (nSPS) is 17.9. The molecule has 0 spiro atoms. The molecule has 2 heterocycles. The number of hydrogen-bond donors (Lipinski definition) is 0. The van der Waals surface area contributed by atoms with Gasteiger partial charge < -0.3 is 14.0 Å². The van der Waals surface area contributed by atoms with Gasteiger partial charge in [-0.15, -0.1) is 0 Å². The first kappa shape index (κ1) is 11.0. The minimum absolute atomic E-state index is 0.104. The van der Waals surface area contributed by atoms with Crippen molar-refractivity contribution in [2.24, 2.45) is 7.05 Å². The molecule has 0 fully saturated rings. The molecule has 1 atom stereocenters. The first-order chi connectivity index (χ1) is 8.75. The van der Waals surface area contributed by atoms with E-state index in [0.717, 1.165) is 11.3 Å². The Morgan fingerprint density at radius 1 is 1.22 bits per heavy atom. The van der Waals surface area contributed by atoms with Crippen LogP contribution in [0.5, 0.6) is 5.75 Å². The molecule has 0 N–H and O–H groups in total. The molecule has 0 aliphatic carbocycles. The molecule has 0 unspecified atom stereocenters. The predicted octanol–water partition coefficient (Wildman–Crippen LogP) is 1.99. The largest absolute Gasteiger partial charge is 0.455 e. The molecule has 92 valence electrons. The minimum atomic E-state index is -0.506. The summed E-state index contributed by atoms with van der Waals surface area (Å²) >= 11 is 0. The summed E-state index contributed by atoms with van der Waals surface area (Å²) in [5, 5.41) is 0. The highest BCUT2D eigenvalue weighted by atomic mass is 16.7. The third-order valence-electron chi connectivity index (χ3n) is 3.03. The van der Waals surface area contributed by atoms with E-state index in [1.165, 1.54) is 6.07 Å². The van der Waals surface area contributed by atoms with Gasteiger partial charge in [-0.1, -0.05) is 30.3 Å². The summed E-state index contributed by atoms with van der Waals surface area (Å²) in [6.07, 6.45) is 1.21. The highest BCUT2D eigenvalue weighted by molar-refractivity contribution is 5.30. The van der Waals surface area contributed by atoms with E-state index >= 15 is 0 Å². The van der Waals surface area contributed by atoms with Gasteiger partial charge in [0.1, 0.15) is 0 Å². The maximum Gasteiger partial charge on any atom is 0.227 e. The second-order valence-corrected chi connectivity index (χ2v) is 4.24. The van der Waals surface area contributed by atoms with Crippen LogP contribution >= 0.6 is 0 Å². The zero-order chi connectivity index (χ0) is 12.5. The number of hydrogen-bond acceptors (Lipinski definition) is 3. The van der Waals surface area contributed by atoms with Crippen molar-refractivity contribution >= 4 is 0 Å². The van der Waals surface area contributed by atoms with E-state index in [0.29, 0.717) is 12.4 Å². The molecule has 2 aromatic rings. The zero-order valence-electron chi connectivity index (χ0n) is 10.00. The van der Waals surface area contributed by atoms with Crippen molar-refractivity contribution in [1.29, 1.82) is 0 Å². The Bertz CT molecular complexity index is 619. The number of benzene rings is 1. The average Bonchev–Trinajstić information content (AvgIpc) is 2.44. The Labute approximate surface area is 104 Å². The quantitative estimate of drug-likeness (QED) is 0.769. The van der Waals surface area contributed by atoms with Crippen LogP contribution in [-0.4, -0.2) is 4.57 Å². The fourth-order valence-corrected chi connectivity index (χ4v) is 2.01. The number of pyridine rings is 1. The number of fused-ring (bicyclic) bond motifs is 1. The number of aromatic nitrogens is 1. The van der Waals surface area contributed by atoms with E-state index in [1.807, 2.05) is 41.9 Å². The first-order valence-electron chi connectivity index (χ1n) is 5.77. The molecule has 1 aliphatic rings. The predicted molar refractivity (Wildman–Crippen MR) is 66.3 cm³/mol. The average molecular weight is 243 g/mol. The lowest BCUT2D eigenvalue weighted by Crippen LogP contribution is -2.25. The maximum atomic E-state index is 11.8. The molecular formula is C14H13NO3. The van der Waals surface area contributed by atoms with Gasteiger partial charge in [-0.05, 0) is 0 Å². The van der Waals surface area contributed by atoms with Crippen LogP contribution in [0.15, 0.2) is 47.4 Å². The fourth-order valence-electron chi connectivity index (χ4n) is 2.01. The van der Waals surface area contributed by atoms with Crippen molar-refractivity contribution in [3.63, 3.8) is 0 Å². The Morgan fingerprint density at radius 3 is 2.78 bits per heavy atom. The number of ether oxygens (including phenoxy) is 2. The smallest absolute Gasteiger partial charge is 0.227 e. The Morgan fingerprint density at radius 2 is 2.00 bits per heavy atom. The van der Waals surface area contributed by atoms with Crippen molar-refractivity contribution in [2.45, 2.75) is 12.9 Å². The monoisotopic (exact) mass is 243 g/mol. The van der Waals surface area contributed by atoms with E-state index in [2.05, 4.69) is 0 Å². The zero-order valence-corrected chi connectivity index (χ0v) is 10.00. The molecular weight excluding hydrogens is 230 g/mol. The van der Waals surface area contributed by atoms with Crippen LogP contribution in [0.1, 0.15) is 17.5 Å². The van der Waals surface area contributed by atoms with Gasteiger partial charge in [0, 0.05) is 24.9 Å². The molecule has 4 nitrogen and oxygen atoms in total. The van der Waals surface area contributed by atoms with E-state index in [9.17, 15) is 4.79 Å². The van der Waals surface area contributed by atoms with Crippen molar-refractivity contribution in [2.75, 3.05) is 0 Å². The molecule has 4 heteroatoms. The lowest BCUT2D eigenvalue weighted by atomic mass is 10.2. The Hall–Kier alpha value is -2.07. The van der Waals surface area contributed by atoms with Gasteiger partial charge in [0.25, 0.3) is 0 Å². The molecule has 0 radical (unpaired) electrons. The van der Waals surface area contributed by atoms with Crippen LogP contribution < -0.4 is 10.2 Å². The summed E-state index contributed by atoms with van der Waals surface area (Å²) in [4.78, 5) is 11.8. The maximum absolute atomic E-state index is 11.8. The van der Waals surface area contributed by atoms with Gasteiger partial charge in [-0.2, -0.15) is 0 Å². The van der Waals surface area contributed by atoms with Crippen molar-refractivity contribution in [1.82, 2.24) is 4.57 Å². The van der Waals surface area contributed by atoms with Crippen LogP contribution in [-0.2, 0) is 18.4 Å². The standard InChI is InChI=1S/C14H13NO3/c1-15-8-7-12(16)13-11(15)9-17-14(18-13)10-5-3-2-4-6-10/h2-8,14H,9H2,1H3/t14-/m1/s1. The number of nitrogens with zero attached hydrogens (tertiary/aromatic N) is 1. The molecule has 0 amide bonds. The Balaban J connectivity index is 1.99. The van der Waals surface area contributed by atoms with Crippen LogP contribution in [0.2, 0.25) is 0 Å². The molecule has 18 heavy (non-hydrogen) atoms. The number of rotatable bonds is 1. The van der Waals surface area contributed by atoms with Gasteiger partial charge in [0.05, 0.1) is 12.3 Å².